The summed E-state index contributed by atoms with van der Waals surface area (Å²) in [6.07, 6.45) is 0.353. The van der Waals surface area contributed by atoms with Gasteiger partial charge >= 0.3 is 5.97 Å². The van der Waals surface area contributed by atoms with Gasteiger partial charge in [0.1, 0.15) is 0 Å². The molecule has 6 heteroatoms. The summed E-state index contributed by atoms with van der Waals surface area (Å²) in [7, 11) is 0. The van der Waals surface area contributed by atoms with Crippen LogP contribution in [0.1, 0.15) is 28.4 Å². The van der Waals surface area contributed by atoms with Crippen LogP contribution in [-0.4, -0.2) is 52.5 Å². The number of carboxylic acids is 1. The zero-order valence-corrected chi connectivity index (χ0v) is 16.0. The number of hydrogen-bond acceptors (Lipinski definition) is 3. The first-order valence-corrected chi connectivity index (χ1v) is 9.38. The number of hydrogen-bond donors (Lipinski definition) is 1. The molecule has 0 saturated carbocycles. The second-order valence-electron chi connectivity index (χ2n) is 6.98. The predicted octanol–water partition coefficient (Wildman–Crippen LogP) is 3.31. The van der Waals surface area contributed by atoms with Crippen LogP contribution in [0.15, 0.2) is 48.5 Å². The largest absolute Gasteiger partial charge is 0.478 e. The Hall–Kier alpha value is -2.37. The maximum Gasteiger partial charge on any atom is 0.335 e. The van der Waals surface area contributed by atoms with Crippen molar-refractivity contribution in [1.29, 1.82) is 0 Å². The van der Waals surface area contributed by atoms with Gasteiger partial charge in [-0.05, 0) is 42.3 Å². The number of amides is 1. The van der Waals surface area contributed by atoms with Crippen LogP contribution in [0.3, 0.4) is 0 Å². The summed E-state index contributed by atoms with van der Waals surface area (Å²) >= 11 is 6.00. The second kappa shape index (κ2) is 8.55. The highest BCUT2D eigenvalue weighted by atomic mass is 35.5. The molecule has 5 nitrogen and oxygen atoms in total. The average Bonchev–Trinajstić information content (AvgIpc) is 2.62. The minimum Gasteiger partial charge on any atom is -0.478 e. The summed E-state index contributed by atoms with van der Waals surface area (Å²) in [5.74, 6) is -0.807. The molecule has 1 aliphatic heterocycles. The summed E-state index contributed by atoms with van der Waals surface area (Å²) < 4.78 is 0. The van der Waals surface area contributed by atoms with Gasteiger partial charge in [0.25, 0.3) is 0 Å². The third kappa shape index (κ3) is 5.08. The molecule has 1 N–H and O–H groups in total. The van der Waals surface area contributed by atoms with Crippen LogP contribution in [0.4, 0.5) is 0 Å². The Bertz CT molecular complexity index is 840. The Morgan fingerprint density at radius 1 is 1.11 bits per heavy atom. The van der Waals surface area contributed by atoms with Gasteiger partial charge in [-0.1, -0.05) is 35.9 Å². The molecule has 2 aromatic rings. The van der Waals surface area contributed by atoms with Gasteiger partial charge in [0.15, 0.2) is 0 Å². The molecule has 2 aromatic carbocycles. The first-order valence-electron chi connectivity index (χ1n) is 9.01. The van der Waals surface area contributed by atoms with Crippen molar-refractivity contribution >= 4 is 23.5 Å². The van der Waals surface area contributed by atoms with Crippen LogP contribution in [0.2, 0.25) is 5.02 Å². The summed E-state index contributed by atoms with van der Waals surface area (Å²) in [6, 6.07) is 14.5. The Morgan fingerprint density at radius 3 is 2.56 bits per heavy atom. The molecule has 1 saturated heterocycles. The molecular formula is C21H23ClN2O3. The lowest BCUT2D eigenvalue weighted by Gasteiger charge is -2.40. The maximum atomic E-state index is 12.7. The molecule has 1 unspecified atom stereocenters. The molecule has 0 aromatic heterocycles. The van der Waals surface area contributed by atoms with Crippen molar-refractivity contribution in [3.63, 3.8) is 0 Å². The van der Waals surface area contributed by atoms with E-state index in [-0.39, 0.29) is 11.9 Å². The number of nitrogens with zero attached hydrogens (tertiary/aromatic N) is 2. The van der Waals surface area contributed by atoms with Crippen LogP contribution in [-0.2, 0) is 17.8 Å². The fraction of sp³-hybridized carbons (Fsp3) is 0.333. The van der Waals surface area contributed by atoms with Gasteiger partial charge in [-0.3, -0.25) is 9.69 Å². The lowest BCUT2D eigenvalue weighted by Crippen LogP contribution is -2.54. The van der Waals surface area contributed by atoms with E-state index in [1.807, 2.05) is 29.2 Å². The van der Waals surface area contributed by atoms with Crippen molar-refractivity contribution in [2.24, 2.45) is 0 Å². The van der Waals surface area contributed by atoms with Gasteiger partial charge in [-0.2, -0.15) is 0 Å². The van der Waals surface area contributed by atoms with Crippen LogP contribution < -0.4 is 0 Å². The van der Waals surface area contributed by atoms with E-state index in [4.69, 9.17) is 16.7 Å². The van der Waals surface area contributed by atoms with Crippen molar-refractivity contribution in [3.8, 4) is 0 Å². The average molecular weight is 387 g/mol. The standard InChI is InChI=1S/C21H23ClN2O3/c1-15-13-23(14-17-5-2-6-18(10-17)21(26)27)8-9-24(15)20(25)12-16-4-3-7-19(22)11-16/h2-7,10-11,15H,8-9,12-14H2,1H3,(H,26,27). The molecule has 1 fully saturated rings. The van der Waals surface area contributed by atoms with Gasteiger partial charge in [-0.25, -0.2) is 4.79 Å². The summed E-state index contributed by atoms with van der Waals surface area (Å²) in [5.41, 5.74) is 2.20. The van der Waals surface area contributed by atoms with Gasteiger partial charge in [0.05, 0.1) is 12.0 Å². The highest BCUT2D eigenvalue weighted by molar-refractivity contribution is 6.30. The zero-order valence-electron chi connectivity index (χ0n) is 15.3. The number of benzene rings is 2. The monoisotopic (exact) mass is 386 g/mol. The van der Waals surface area contributed by atoms with E-state index in [9.17, 15) is 9.59 Å². The molecule has 1 aliphatic rings. The smallest absolute Gasteiger partial charge is 0.335 e. The molecule has 1 atom stereocenters. The Morgan fingerprint density at radius 2 is 1.85 bits per heavy atom. The fourth-order valence-corrected chi connectivity index (χ4v) is 3.74. The molecule has 1 heterocycles. The van der Waals surface area contributed by atoms with Gasteiger partial charge < -0.3 is 10.0 Å². The second-order valence-corrected chi connectivity index (χ2v) is 7.42. The normalized spacial score (nSPS) is 17.7. The Labute approximate surface area is 164 Å². The Balaban J connectivity index is 1.58. The number of carbonyl (C=O) groups is 2. The molecule has 0 spiro atoms. The summed E-state index contributed by atoms with van der Waals surface area (Å²) in [4.78, 5) is 28.0. The molecule has 0 radical (unpaired) electrons. The SMILES string of the molecule is CC1CN(Cc2cccc(C(=O)O)c2)CCN1C(=O)Cc1cccc(Cl)c1. The first kappa shape index (κ1) is 19.4. The van der Waals surface area contributed by atoms with Crippen molar-refractivity contribution in [2.75, 3.05) is 19.6 Å². The van der Waals surface area contributed by atoms with Crippen molar-refractivity contribution in [3.05, 3.63) is 70.2 Å². The minimum atomic E-state index is -0.915. The molecule has 1 amide bonds. The lowest BCUT2D eigenvalue weighted by molar-refractivity contribution is -0.135. The first-order chi connectivity index (χ1) is 12.9. The van der Waals surface area contributed by atoms with E-state index >= 15 is 0 Å². The van der Waals surface area contributed by atoms with E-state index in [0.29, 0.717) is 30.1 Å². The molecule has 0 aliphatic carbocycles. The van der Waals surface area contributed by atoms with Crippen LogP contribution in [0.5, 0.6) is 0 Å². The lowest BCUT2D eigenvalue weighted by atomic mass is 10.1. The third-order valence-corrected chi connectivity index (χ3v) is 5.09. The van der Waals surface area contributed by atoms with Crippen molar-refractivity contribution in [2.45, 2.75) is 25.9 Å². The van der Waals surface area contributed by atoms with E-state index in [1.165, 1.54) is 0 Å². The number of piperazine rings is 1. The van der Waals surface area contributed by atoms with Crippen LogP contribution >= 0.6 is 11.6 Å². The third-order valence-electron chi connectivity index (χ3n) is 4.86. The van der Waals surface area contributed by atoms with Crippen molar-refractivity contribution in [1.82, 2.24) is 9.80 Å². The summed E-state index contributed by atoms with van der Waals surface area (Å²) in [5, 5.41) is 9.77. The van der Waals surface area contributed by atoms with E-state index in [2.05, 4.69) is 11.8 Å². The minimum absolute atomic E-state index is 0.105. The quantitative estimate of drug-likeness (QED) is 0.856. The fourth-order valence-electron chi connectivity index (χ4n) is 3.53. The number of carbonyl (C=O) groups excluding carboxylic acids is 1. The number of halogens is 1. The summed E-state index contributed by atoms with van der Waals surface area (Å²) in [6.45, 7) is 4.93. The van der Waals surface area contributed by atoms with Gasteiger partial charge in [0, 0.05) is 37.2 Å². The van der Waals surface area contributed by atoms with E-state index in [0.717, 1.165) is 24.2 Å². The zero-order chi connectivity index (χ0) is 19.4. The molecule has 3 rings (SSSR count). The number of carboxylic acid groups (broad SMARTS) is 1. The van der Waals surface area contributed by atoms with E-state index < -0.39 is 5.97 Å². The van der Waals surface area contributed by atoms with Crippen LogP contribution in [0.25, 0.3) is 0 Å². The van der Waals surface area contributed by atoms with Crippen LogP contribution in [0, 0.1) is 0 Å². The molecule has 27 heavy (non-hydrogen) atoms. The molecule has 142 valence electrons. The molecule has 0 bridgehead atoms. The van der Waals surface area contributed by atoms with Gasteiger partial charge in [0.2, 0.25) is 5.91 Å². The topological polar surface area (TPSA) is 60.9 Å². The predicted molar refractivity (Wildman–Crippen MR) is 105 cm³/mol. The number of aromatic carboxylic acids is 1. The maximum absolute atomic E-state index is 12.7. The van der Waals surface area contributed by atoms with Gasteiger partial charge in [-0.15, -0.1) is 0 Å². The highest BCUT2D eigenvalue weighted by Crippen LogP contribution is 2.17. The van der Waals surface area contributed by atoms with Crippen molar-refractivity contribution < 1.29 is 14.7 Å². The van der Waals surface area contributed by atoms with E-state index in [1.54, 1.807) is 24.3 Å². The number of rotatable bonds is 5. The highest BCUT2D eigenvalue weighted by Gasteiger charge is 2.27. The molecular weight excluding hydrogens is 364 g/mol. The Kier molecular flexibility index (Phi) is 6.14.